The van der Waals surface area contributed by atoms with Gasteiger partial charge in [0.05, 0.1) is 17.9 Å². The summed E-state index contributed by atoms with van der Waals surface area (Å²) in [6.07, 6.45) is 3.68. The van der Waals surface area contributed by atoms with E-state index in [-0.39, 0.29) is 11.5 Å². The lowest BCUT2D eigenvalue weighted by Gasteiger charge is -2.08. The lowest BCUT2D eigenvalue weighted by Crippen LogP contribution is -1.98. The predicted octanol–water partition coefficient (Wildman–Crippen LogP) is 6.63. The molecule has 3 aromatic carbocycles. The molecule has 5 nitrogen and oxygen atoms in total. The maximum Gasteiger partial charge on any atom is 0.232 e. The number of halogens is 1. The summed E-state index contributed by atoms with van der Waals surface area (Å²) < 4.78 is 14.2. The molecule has 0 radical (unpaired) electrons. The van der Waals surface area contributed by atoms with Gasteiger partial charge in [0.15, 0.2) is 5.76 Å². The monoisotopic (exact) mass is 500 g/mol. The summed E-state index contributed by atoms with van der Waals surface area (Å²) >= 11 is 3.42. The fourth-order valence-electron chi connectivity index (χ4n) is 3.85. The van der Waals surface area contributed by atoms with E-state index in [1.54, 1.807) is 18.2 Å². The summed E-state index contributed by atoms with van der Waals surface area (Å²) in [5.41, 5.74) is 4.97. The van der Waals surface area contributed by atoms with Crippen LogP contribution < -0.4 is 9.47 Å². The van der Waals surface area contributed by atoms with E-state index in [4.69, 9.17) is 14.6 Å². The minimum atomic E-state index is -0.146. The Hall–Kier alpha value is -3.64. The first-order valence-electron chi connectivity index (χ1n) is 10.7. The number of nitrogens with zero attached hydrogens (tertiary/aromatic N) is 2. The van der Waals surface area contributed by atoms with Crippen molar-refractivity contribution in [2.75, 3.05) is 6.61 Å². The van der Waals surface area contributed by atoms with Crippen molar-refractivity contribution in [3.63, 3.8) is 0 Å². The lowest BCUT2D eigenvalue weighted by molar-refractivity contribution is 0.101. The summed E-state index contributed by atoms with van der Waals surface area (Å²) in [4.78, 5) is 13.0. The molecule has 0 amide bonds. The lowest BCUT2D eigenvalue weighted by atomic mass is 10.0. The molecular weight excluding hydrogens is 480 g/mol. The number of fused-ring (bicyclic) bond motifs is 1. The van der Waals surface area contributed by atoms with Gasteiger partial charge in [-0.25, -0.2) is 4.68 Å². The Morgan fingerprint density at radius 3 is 2.67 bits per heavy atom. The maximum atomic E-state index is 13.0. The molecule has 1 aromatic heterocycles. The normalized spacial score (nSPS) is 13.8. The molecular formula is C27H21BrN2O3. The number of aryl methyl sites for hydroxylation is 1. The molecule has 1 aliphatic rings. The van der Waals surface area contributed by atoms with E-state index in [0.717, 1.165) is 38.3 Å². The summed E-state index contributed by atoms with van der Waals surface area (Å²) in [5, 5.41) is 4.85. The molecule has 0 spiro atoms. The molecule has 0 saturated carbocycles. The van der Waals surface area contributed by atoms with Gasteiger partial charge in [-0.1, -0.05) is 34.1 Å². The molecule has 0 atom stereocenters. The second kappa shape index (κ2) is 8.71. The van der Waals surface area contributed by atoms with Crippen LogP contribution in [0.1, 0.15) is 28.4 Å². The molecule has 0 aliphatic carbocycles. The molecule has 1 aliphatic heterocycles. The highest BCUT2D eigenvalue weighted by Gasteiger charge is 2.28. The Morgan fingerprint density at radius 2 is 1.91 bits per heavy atom. The second-order valence-corrected chi connectivity index (χ2v) is 8.62. The molecule has 0 unspecified atom stereocenters. The molecule has 6 heteroatoms. The van der Waals surface area contributed by atoms with E-state index >= 15 is 0 Å². The number of hydrogen-bond acceptors (Lipinski definition) is 4. The first-order valence-corrected chi connectivity index (χ1v) is 11.5. The number of rotatable bonds is 5. The number of Topliss-reactive ketones (excluding diaryl/α,β-unsaturated/α-hetero) is 1. The van der Waals surface area contributed by atoms with Crippen molar-refractivity contribution < 1.29 is 14.3 Å². The van der Waals surface area contributed by atoms with Crippen molar-refractivity contribution in [1.82, 2.24) is 9.78 Å². The number of hydrogen-bond donors (Lipinski definition) is 0. The second-order valence-electron chi connectivity index (χ2n) is 7.71. The standard InChI is InChI=1S/C27H21BrN2O3/c1-3-32-23-11-9-18(13-17(23)2)26-19(16-30(29-26)21-7-5-4-6-8-21)14-25-27(31)22-15-20(28)10-12-24(22)33-25/h4-16H,3H2,1-2H3/b25-14-. The highest BCUT2D eigenvalue weighted by molar-refractivity contribution is 9.10. The average molecular weight is 501 g/mol. The zero-order valence-corrected chi connectivity index (χ0v) is 19.8. The number of aromatic nitrogens is 2. The van der Waals surface area contributed by atoms with Gasteiger partial charge in [-0.2, -0.15) is 5.10 Å². The first kappa shape index (κ1) is 21.2. The maximum absolute atomic E-state index is 13.0. The number of benzene rings is 3. The van der Waals surface area contributed by atoms with Crippen molar-refractivity contribution in [2.24, 2.45) is 0 Å². The average Bonchev–Trinajstić information content (AvgIpc) is 3.38. The summed E-state index contributed by atoms with van der Waals surface area (Å²) in [6, 6.07) is 21.3. The molecule has 2 heterocycles. The van der Waals surface area contributed by atoms with E-state index < -0.39 is 0 Å². The topological polar surface area (TPSA) is 53.4 Å². The van der Waals surface area contributed by atoms with Gasteiger partial charge in [0.25, 0.3) is 0 Å². The fourth-order valence-corrected chi connectivity index (χ4v) is 4.21. The van der Waals surface area contributed by atoms with Crippen LogP contribution in [0, 0.1) is 6.92 Å². The van der Waals surface area contributed by atoms with Crippen LogP contribution in [0.3, 0.4) is 0 Å². The minimum Gasteiger partial charge on any atom is -0.494 e. The van der Waals surface area contributed by atoms with Gasteiger partial charge in [0, 0.05) is 21.8 Å². The number of ether oxygens (including phenoxy) is 2. The fraction of sp³-hybridized carbons (Fsp3) is 0.111. The molecule has 33 heavy (non-hydrogen) atoms. The van der Waals surface area contributed by atoms with Crippen LogP contribution in [0.4, 0.5) is 0 Å². The van der Waals surface area contributed by atoms with Crippen LogP contribution in [0.2, 0.25) is 0 Å². The van der Waals surface area contributed by atoms with Crippen LogP contribution in [0.15, 0.2) is 83.2 Å². The van der Waals surface area contributed by atoms with Crippen molar-refractivity contribution >= 4 is 27.8 Å². The summed E-state index contributed by atoms with van der Waals surface area (Å²) in [6.45, 7) is 4.59. The molecule has 4 aromatic rings. The van der Waals surface area contributed by atoms with Crippen LogP contribution >= 0.6 is 15.9 Å². The van der Waals surface area contributed by atoms with E-state index in [0.29, 0.717) is 17.9 Å². The van der Waals surface area contributed by atoms with Gasteiger partial charge in [0.2, 0.25) is 5.78 Å². The van der Waals surface area contributed by atoms with Gasteiger partial charge in [-0.3, -0.25) is 4.79 Å². The van der Waals surface area contributed by atoms with E-state index in [2.05, 4.69) is 15.9 Å². The first-order chi connectivity index (χ1) is 16.0. The number of allylic oxidation sites excluding steroid dienone is 1. The minimum absolute atomic E-state index is 0.146. The zero-order valence-electron chi connectivity index (χ0n) is 18.2. The van der Waals surface area contributed by atoms with Crippen molar-refractivity contribution in [3.8, 4) is 28.4 Å². The molecule has 0 fully saturated rings. The highest BCUT2D eigenvalue weighted by atomic mass is 79.9. The SMILES string of the molecule is CCOc1ccc(-c2nn(-c3ccccc3)cc2/C=C2\Oc3ccc(Br)cc3C2=O)cc1C. The van der Waals surface area contributed by atoms with Crippen molar-refractivity contribution in [1.29, 1.82) is 0 Å². The third kappa shape index (κ3) is 4.10. The summed E-state index contributed by atoms with van der Waals surface area (Å²) in [5.74, 6) is 1.54. The smallest absolute Gasteiger partial charge is 0.232 e. The van der Waals surface area contributed by atoms with Crippen LogP contribution in [0.5, 0.6) is 11.5 Å². The van der Waals surface area contributed by atoms with Crippen molar-refractivity contribution in [2.45, 2.75) is 13.8 Å². The Labute approximate surface area is 200 Å². The number of para-hydroxylation sites is 1. The largest absolute Gasteiger partial charge is 0.494 e. The molecule has 0 N–H and O–H groups in total. The quantitative estimate of drug-likeness (QED) is 0.288. The van der Waals surface area contributed by atoms with Gasteiger partial charge in [-0.15, -0.1) is 0 Å². The highest BCUT2D eigenvalue weighted by Crippen LogP contribution is 2.35. The van der Waals surface area contributed by atoms with Crippen LogP contribution in [0.25, 0.3) is 23.0 Å². The van der Waals surface area contributed by atoms with Gasteiger partial charge >= 0.3 is 0 Å². The van der Waals surface area contributed by atoms with Crippen LogP contribution in [-0.4, -0.2) is 22.2 Å². The number of carbonyl (C=O) groups excluding carboxylic acids is 1. The van der Waals surface area contributed by atoms with Gasteiger partial charge in [-0.05, 0) is 74.0 Å². The third-order valence-corrected chi connectivity index (χ3v) is 5.92. The van der Waals surface area contributed by atoms with Crippen molar-refractivity contribution in [3.05, 3.63) is 99.8 Å². The van der Waals surface area contributed by atoms with E-state index in [9.17, 15) is 4.79 Å². The van der Waals surface area contributed by atoms with Crippen LogP contribution in [-0.2, 0) is 0 Å². The third-order valence-electron chi connectivity index (χ3n) is 5.43. The molecule has 0 saturated heterocycles. The molecule has 5 rings (SSSR count). The van der Waals surface area contributed by atoms with Gasteiger partial charge < -0.3 is 9.47 Å². The zero-order chi connectivity index (χ0) is 22.9. The van der Waals surface area contributed by atoms with Gasteiger partial charge in [0.1, 0.15) is 17.2 Å². The predicted molar refractivity (Wildman–Crippen MR) is 132 cm³/mol. The summed E-state index contributed by atoms with van der Waals surface area (Å²) in [7, 11) is 0. The Morgan fingerprint density at radius 1 is 1.09 bits per heavy atom. The Kier molecular flexibility index (Phi) is 5.60. The van der Waals surface area contributed by atoms with E-state index in [1.165, 1.54) is 0 Å². The Balaban J connectivity index is 1.61. The molecule has 164 valence electrons. The van der Waals surface area contributed by atoms with E-state index in [1.807, 2.05) is 79.3 Å². The number of ketones is 1. The number of carbonyl (C=O) groups is 1. The molecule has 0 bridgehead atoms. The Bertz CT molecular complexity index is 1390.